The highest BCUT2D eigenvalue weighted by Crippen LogP contribution is 2.32. The number of rotatable bonds is 4. The number of benzene rings is 3. The third-order valence-electron chi connectivity index (χ3n) is 3.99. The van der Waals surface area contributed by atoms with Gasteiger partial charge in [-0.2, -0.15) is 4.39 Å². The van der Waals surface area contributed by atoms with Crippen LogP contribution in [0.25, 0.3) is 22.3 Å². The Labute approximate surface area is 144 Å². The smallest absolute Gasteiger partial charge is 0.201 e. The first-order chi connectivity index (χ1) is 12.0. The molecular weight excluding hydrogens is 325 g/mol. The van der Waals surface area contributed by atoms with Crippen molar-refractivity contribution >= 4 is 0 Å². The van der Waals surface area contributed by atoms with E-state index in [1.54, 1.807) is 19.1 Å². The fourth-order valence-corrected chi connectivity index (χ4v) is 2.67. The summed E-state index contributed by atoms with van der Waals surface area (Å²) in [7, 11) is 0. The van der Waals surface area contributed by atoms with Crippen LogP contribution >= 0.6 is 0 Å². The molecule has 1 nitrogen and oxygen atoms in total. The van der Waals surface area contributed by atoms with Gasteiger partial charge in [-0.3, -0.25) is 0 Å². The maximum absolute atomic E-state index is 14.5. The molecule has 0 spiro atoms. The minimum Gasteiger partial charge on any atom is -0.491 e. The first-order valence-corrected chi connectivity index (χ1v) is 7.99. The predicted octanol–water partition coefficient (Wildman–Crippen LogP) is 6.15. The van der Waals surface area contributed by atoms with Gasteiger partial charge >= 0.3 is 0 Å². The molecule has 0 aromatic heterocycles. The Morgan fingerprint density at radius 3 is 2.04 bits per heavy atom. The van der Waals surface area contributed by atoms with E-state index in [-0.39, 0.29) is 23.5 Å². The van der Waals surface area contributed by atoms with Crippen LogP contribution in [-0.4, -0.2) is 6.61 Å². The minimum absolute atomic E-state index is 0.00434. The van der Waals surface area contributed by atoms with Gasteiger partial charge in [-0.1, -0.05) is 42.0 Å². The van der Waals surface area contributed by atoms with Crippen molar-refractivity contribution in [3.63, 3.8) is 0 Å². The van der Waals surface area contributed by atoms with Crippen molar-refractivity contribution in [2.24, 2.45) is 0 Å². The Morgan fingerprint density at radius 2 is 1.40 bits per heavy atom. The lowest BCUT2D eigenvalue weighted by Gasteiger charge is -2.11. The quantitative estimate of drug-likeness (QED) is 0.553. The van der Waals surface area contributed by atoms with Crippen molar-refractivity contribution in [2.45, 2.75) is 13.8 Å². The Balaban J connectivity index is 2.01. The molecule has 0 aliphatic heterocycles. The highest BCUT2D eigenvalue weighted by atomic mass is 19.2. The summed E-state index contributed by atoms with van der Waals surface area (Å²) in [5.74, 6) is -2.76. The van der Waals surface area contributed by atoms with E-state index in [2.05, 4.69) is 0 Å². The summed E-state index contributed by atoms with van der Waals surface area (Å²) in [5, 5.41) is 0. The zero-order valence-electron chi connectivity index (χ0n) is 13.9. The van der Waals surface area contributed by atoms with Crippen molar-refractivity contribution in [1.29, 1.82) is 0 Å². The molecule has 0 saturated heterocycles. The third kappa shape index (κ3) is 3.38. The van der Waals surface area contributed by atoms with Crippen LogP contribution in [0.4, 0.5) is 13.2 Å². The highest BCUT2D eigenvalue weighted by Gasteiger charge is 2.17. The second-order valence-electron chi connectivity index (χ2n) is 5.73. The molecule has 3 aromatic rings. The Kier molecular flexibility index (Phi) is 4.79. The molecule has 0 N–H and O–H groups in total. The molecule has 0 fully saturated rings. The molecule has 0 aliphatic carbocycles. The van der Waals surface area contributed by atoms with Gasteiger partial charge in [0, 0.05) is 11.1 Å². The molecular formula is C21H17F3O. The molecule has 0 saturated carbocycles. The first kappa shape index (κ1) is 17.1. The first-order valence-electron chi connectivity index (χ1n) is 7.99. The van der Waals surface area contributed by atoms with Crippen LogP contribution in [0.3, 0.4) is 0 Å². The molecule has 3 aromatic carbocycles. The van der Waals surface area contributed by atoms with Crippen molar-refractivity contribution in [1.82, 2.24) is 0 Å². The van der Waals surface area contributed by atoms with Crippen LogP contribution in [0.2, 0.25) is 0 Å². The molecule has 0 unspecified atom stereocenters. The Hall–Kier alpha value is -2.75. The molecule has 3 rings (SSSR count). The molecule has 0 aliphatic rings. The van der Waals surface area contributed by atoms with Gasteiger partial charge < -0.3 is 4.74 Å². The largest absolute Gasteiger partial charge is 0.491 e. The summed E-state index contributed by atoms with van der Waals surface area (Å²) in [5.41, 5.74) is 2.49. The van der Waals surface area contributed by atoms with E-state index in [0.717, 1.165) is 11.1 Å². The summed E-state index contributed by atoms with van der Waals surface area (Å²) in [6, 6.07) is 14.5. The highest BCUT2D eigenvalue weighted by molar-refractivity contribution is 5.72. The zero-order chi connectivity index (χ0) is 18.0. The van der Waals surface area contributed by atoms with Crippen molar-refractivity contribution in [3.8, 4) is 28.0 Å². The molecule has 0 amide bonds. The van der Waals surface area contributed by atoms with E-state index in [1.807, 2.05) is 31.2 Å². The van der Waals surface area contributed by atoms with Gasteiger partial charge in [0.2, 0.25) is 5.82 Å². The van der Waals surface area contributed by atoms with Crippen LogP contribution in [0.15, 0.2) is 54.6 Å². The van der Waals surface area contributed by atoms with E-state index >= 15 is 0 Å². The van der Waals surface area contributed by atoms with Crippen molar-refractivity contribution in [2.75, 3.05) is 6.61 Å². The van der Waals surface area contributed by atoms with Gasteiger partial charge in [-0.15, -0.1) is 0 Å². The van der Waals surface area contributed by atoms with Gasteiger partial charge in [0.1, 0.15) is 5.82 Å². The topological polar surface area (TPSA) is 9.23 Å². The lowest BCUT2D eigenvalue weighted by Crippen LogP contribution is -1.99. The maximum atomic E-state index is 14.5. The molecule has 0 bridgehead atoms. The Morgan fingerprint density at radius 1 is 0.760 bits per heavy atom. The van der Waals surface area contributed by atoms with Crippen molar-refractivity contribution < 1.29 is 17.9 Å². The average Bonchev–Trinajstić information content (AvgIpc) is 2.60. The summed E-state index contributed by atoms with van der Waals surface area (Å²) < 4.78 is 47.9. The lowest BCUT2D eigenvalue weighted by atomic mass is 9.98. The van der Waals surface area contributed by atoms with Crippen LogP contribution in [0.1, 0.15) is 12.5 Å². The SMILES string of the molecule is CCOc1ccc(-c2ccc(-c3ccc(C)cc3)c(F)c2)c(F)c1F. The molecule has 128 valence electrons. The normalized spacial score (nSPS) is 10.8. The maximum Gasteiger partial charge on any atom is 0.201 e. The van der Waals surface area contributed by atoms with Crippen molar-refractivity contribution in [3.05, 3.63) is 77.6 Å². The molecule has 0 heterocycles. The number of hydrogen-bond donors (Lipinski definition) is 0. The summed E-state index contributed by atoms with van der Waals surface area (Å²) in [6.45, 7) is 3.87. The van der Waals surface area contributed by atoms with Gasteiger partial charge in [0.25, 0.3) is 0 Å². The van der Waals surface area contributed by atoms with Crippen LogP contribution < -0.4 is 4.74 Å². The monoisotopic (exact) mass is 342 g/mol. The fraction of sp³-hybridized carbons (Fsp3) is 0.143. The molecule has 4 heteroatoms. The van der Waals surface area contributed by atoms with E-state index in [0.29, 0.717) is 5.56 Å². The number of halogens is 3. The molecule has 0 atom stereocenters. The number of hydrogen-bond acceptors (Lipinski definition) is 1. The lowest BCUT2D eigenvalue weighted by molar-refractivity contribution is 0.314. The zero-order valence-corrected chi connectivity index (χ0v) is 13.9. The Bertz CT molecular complexity index is 902. The number of aryl methyl sites for hydroxylation is 1. The fourth-order valence-electron chi connectivity index (χ4n) is 2.67. The minimum atomic E-state index is -1.07. The van der Waals surface area contributed by atoms with E-state index in [9.17, 15) is 13.2 Å². The second-order valence-corrected chi connectivity index (χ2v) is 5.73. The van der Waals surface area contributed by atoms with Gasteiger partial charge in [-0.25, -0.2) is 8.78 Å². The average molecular weight is 342 g/mol. The van der Waals surface area contributed by atoms with Gasteiger partial charge in [0.05, 0.1) is 6.61 Å². The van der Waals surface area contributed by atoms with Gasteiger partial charge in [0.15, 0.2) is 11.6 Å². The molecule has 0 radical (unpaired) electrons. The second kappa shape index (κ2) is 7.01. The standard InChI is InChI=1S/C21H17F3O/c1-3-25-19-11-10-17(20(23)21(19)24)15-8-9-16(18(22)12-15)14-6-4-13(2)5-7-14/h4-12H,3H2,1-2H3. The molecule has 25 heavy (non-hydrogen) atoms. The van der Waals surface area contributed by atoms with E-state index in [1.165, 1.54) is 18.2 Å². The predicted molar refractivity (Wildman–Crippen MR) is 93.1 cm³/mol. The summed E-state index contributed by atoms with van der Waals surface area (Å²) >= 11 is 0. The van der Waals surface area contributed by atoms with Crippen LogP contribution in [0.5, 0.6) is 5.75 Å². The number of ether oxygens (including phenoxy) is 1. The van der Waals surface area contributed by atoms with Crippen LogP contribution in [-0.2, 0) is 0 Å². The van der Waals surface area contributed by atoms with E-state index < -0.39 is 17.5 Å². The van der Waals surface area contributed by atoms with Gasteiger partial charge in [-0.05, 0) is 43.2 Å². The third-order valence-corrected chi connectivity index (χ3v) is 3.99. The van der Waals surface area contributed by atoms with E-state index in [4.69, 9.17) is 4.74 Å². The van der Waals surface area contributed by atoms with Crippen LogP contribution in [0, 0.1) is 24.4 Å². The summed E-state index contributed by atoms with van der Waals surface area (Å²) in [6.07, 6.45) is 0. The summed E-state index contributed by atoms with van der Waals surface area (Å²) in [4.78, 5) is 0.